The number of non-ortho nitro benzene ring substituents is 1. The van der Waals surface area contributed by atoms with Crippen LogP contribution < -0.4 is 10.6 Å². The van der Waals surface area contributed by atoms with Crippen LogP contribution in [0.2, 0.25) is 0 Å². The molecule has 0 aliphatic carbocycles. The molecular weight excluding hydrogens is 258 g/mol. The quantitative estimate of drug-likeness (QED) is 0.609. The van der Waals surface area contributed by atoms with Gasteiger partial charge in [0.1, 0.15) is 0 Å². The van der Waals surface area contributed by atoms with E-state index in [0.29, 0.717) is 18.6 Å². The molecule has 1 heterocycles. The Morgan fingerprint density at radius 2 is 2.25 bits per heavy atom. The zero-order chi connectivity index (χ0) is 14.4. The summed E-state index contributed by atoms with van der Waals surface area (Å²) in [5.74, 6) is 0. The highest BCUT2D eigenvalue weighted by Crippen LogP contribution is 2.12. The fourth-order valence-corrected chi connectivity index (χ4v) is 2.31. The van der Waals surface area contributed by atoms with Gasteiger partial charge in [-0.2, -0.15) is 0 Å². The molecular formula is C14H21N3O3. The minimum atomic E-state index is -0.380. The Balaban J connectivity index is 1.74. The van der Waals surface area contributed by atoms with Crippen LogP contribution in [0.15, 0.2) is 24.3 Å². The molecule has 1 aromatic rings. The number of benzene rings is 1. The van der Waals surface area contributed by atoms with E-state index in [1.165, 1.54) is 12.1 Å². The van der Waals surface area contributed by atoms with E-state index < -0.39 is 0 Å². The van der Waals surface area contributed by atoms with Crippen molar-refractivity contribution < 1.29 is 9.66 Å². The molecule has 1 fully saturated rings. The van der Waals surface area contributed by atoms with E-state index in [1.54, 1.807) is 12.1 Å². The fourth-order valence-electron chi connectivity index (χ4n) is 2.31. The molecule has 2 unspecified atom stereocenters. The number of hydrogen-bond acceptors (Lipinski definition) is 5. The zero-order valence-electron chi connectivity index (χ0n) is 11.7. The Morgan fingerprint density at radius 3 is 2.85 bits per heavy atom. The average Bonchev–Trinajstić information content (AvgIpc) is 2.46. The number of nitro groups is 1. The smallest absolute Gasteiger partial charge is 0.269 e. The van der Waals surface area contributed by atoms with Crippen molar-refractivity contribution in [3.8, 4) is 0 Å². The maximum atomic E-state index is 10.6. The fraction of sp³-hybridized carbons (Fsp3) is 0.571. The maximum Gasteiger partial charge on any atom is 0.269 e. The van der Waals surface area contributed by atoms with Gasteiger partial charge in [0.25, 0.3) is 5.69 Å². The number of nitro benzene ring substituents is 1. The summed E-state index contributed by atoms with van der Waals surface area (Å²) >= 11 is 0. The molecule has 2 atom stereocenters. The maximum absolute atomic E-state index is 10.6. The van der Waals surface area contributed by atoms with E-state index in [1.807, 2.05) is 0 Å². The lowest BCUT2D eigenvalue weighted by molar-refractivity contribution is -0.384. The lowest BCUT2D eigenvalue weighted by Crippen LogP contribution is -2.44. The topological polar surface area (TPSA) is 76.4 Å². The number of morpholine rings is 1. The van der Waals surface area contributed by atoms with Crippen molar-refractivity contribution in [1.82, 2.24) is 10.6 Å². The minimum absolute atomic E-state index is 0.130. The Labute approximate surface area is 118 Å². The summed E-state index contributed by atoms with van der Waals surface area (Å²) in [5, 5.41) is 17.4. The molecule has 6 heteroatoms. The highest BCUT2D eigenvalue weighted by Gasteiger charge is 2.15. The standard InChI is InChI=1S/C14H21N3O3/c1-11(8-13-10-20-7-6-15-13)16-9-12-2-4-14(5-3-12)17(18)19/h2-5,11,13,15-16H,6-10H2,1H3. The molecule has 2 rings (SSSR count). The molecule has 1 saturated heterocycles. The van der Waals surface area contributed by atoms with Gasteiger partial charge in [0.05, 0.1) is 18.1 Å². The monoisotopic (exact) mass is 279 g/mol. The molecule has 0 amide bonds. The van der Waals surface area contributed by atoms with Gasteiger partial charge in [0, 0.05) is 37.3 Å². The van der Waals surface area contributed by atoms with Crippen LogP contribution in [0.5, 0.6) is 0 Å². The predicted octanol–water partition coefficient (Wildman–Crippen LogP) is 1.45. The Morgan fingerprint density at radius 1 is 1.50 bits per heavy atom. The van der Waals surface area contributed by atoms with Gasteiger partial charge in [0.15, 0.2) is 0 Å². The molecule has 110 valence electrons. The first-order valence-electron chi connectivity index (χ1n) is 6.93. The van der Waals surface area contributed by atoms with E-state index >= 15 is 0 Å². The normalized spacial score (nSPS) is 20.6. The zero-order valence-corrected chi connectivity index (χ0v) is 11.7. The Hall–Kier alpha value is -1.50. The van der Waals surface area contributed by atoms with Gasteiger partial charge in [-0.15, -0.1) is 0 Å². The van der Waals surface area contributed by atoms with E-state index in [-0.39, 0.29) is 10.6 Å². The molecule has 6 nitrogen and oxygen atoms in total. The second kappa shape index (κ2) is 7.33. The largest absolute Gasteiger partial charge is 0.379 e. The molecule has 0 spiro atoms. The van der Waals surface area contributed by atoms with Gasteiger partial charge in [0.2, 0.25) is 0 Å². The Bertz CT molecular complexity index is 430. The summed E-state index contributed by atoms with van der Waals surface area (Å²) in [6, 6.07) is 7.43. The minimum Gasteiger partial charge on any atom is -0.379 e. The van der Waals surface area contributed by atoms with Crippen molar-refractivity contribution in [2.24, 2.45) is 0 Å². The molecule has 0 radical (unpaired) electrons. The molecule has 1 aliphatic heterocycles. The number of nitrogens with zero attached hydrogens (tertiary/aromatic N) is 1. The molecule has 2 N–H and O–H groups in total. The highest BCUT2D eigenvalue weighted by atomic mass is 16.6. The number of rotatable bonds is 6. The third-order valence-electron chi connectivity index (χ3n) is 3.44. The highest BCUT2D eigenvalue weighted by molar-refractivity contribution is 5.32. The van der Waals surface area contributed by atoms with Crippen LogP contribution in [0.25, 0.3) is 0 Å². The predicted molar refractivity (Wildman–Crippen MR) is 76.6 cm³/mol. The Kier molecular flexibility index (Phi) is 5.46. The van der Waals surface area contributed by atoms with Crippen LogP contribution in [0.1, 0.15) is 18.9 Å². The number of ether oxygens (including phenoxy) is 1. The van der Waals surface area contributed by atoms with Crippen LogP contribution in [0, 0.1) is 10.1 Å². The molecule has 20 heavy (non-hydrogen) atoms. The number of hydrogen-bond donors (Lipinski definition) is 2. The van der Waals surface area contributed by atoms with Crippen LogP contribution in [0.3, 0.4) is 0 Å². The van der Waals surface area contributed by atoms with Crippen LogP contribution >= 0.6 is 0 Å². The van der Waals surface area contributed by atoms with Crippen molar-refractivity contribution in [2.45, 2.75) is 32.0 Å². The molecule has 1 aliphatic rings. The van der Waals surface area contributed by atoms with Crippen molar-refractivity contribution >= 4 is 5.69 Å². The SMILES string of the molecule is CC(CC1COCCN1)NCc1ccc([N+](=O)[O-])cc1. The van der Waals surface area contributed by atoms with Gasteiger partial charge < -0.3 is 15.4 Å². The summed E-state index contributed by atoms with van der Waals surface area (Å²) in [7, 11) is 0. The van der Waals surface area contributed by atoms with Crippen molar-refractivity contribution in [1.29, 1.82) is 0 Å². The molecule has 0 aromatic heterocycles. The van der Waals surface area contributed by atoms with Gasteiger partial charge >= 0.3 is 0 Å². The first-order chi connectivity index (χ1) is 9.65. The summed E-state index contributed by atoms with van der Waals surface area (Å²) in [5.41, 5.74) is 1.18. The second-order valence-electron chi connectivity index (χ2n) is 5.17. The summed E-state index contributed by atoms with van der Waals surface area (Å²) in [6.45, 7) is 5.33. The third-order valence-corrected chi connectivity index (χ3v) is 3.44. The summed E-state index contributed by atoms with van der Waals surface area (Å²) < 4.78 is 5.43. The van der Waals surface area contributed by atoms with Crippen LogP contribution in [0.4, 0.5) is 5.69 Å². The lowest BCUT2D eigenvalue weighted by Gasteiger charge is -2.26. The molecule has 0 saturated carbocycles. The van der Waals surface area contributed by atoms with Crippen molar-refractivity contribution in [3.05, 3.63) is 39.9 Å². The molecule has 1 aromatic carbocycles. The summed E-state index contributed by atoms with van der Waals surface area (Å²) in [6.07, 6.45) is 1.01. The van der Waals surface area contributed by atoms with E-state index in [4.69, 9.17) is 4.74 Å². The van der Waals surface area contributed by atoms with Crippen LogP contribution in [-0.2, 0) is 11.3 Å². The van der Waals surface area contributed by atoms with Gasteiger partial charge in [-0.1, -0.05) is 12.1 Å². The van der Waals surface area contributed by atoms with Crippen LogP contribution in [-0.4, -0.2) is 36.8 Å². The van der Waals surface area contributed by atoms with Gasteiger partial charge in [-0.05, 0) is 18.9 Å². The second-order valence-corrected chi connectivity index (χ2v) is 5.17. The van der Waals surface area contributed by atoms with Gasteiger partial charge in [-0.25, -0.2) is 0 Å². The first kappa shape index (κ1) is 14.9. The summed E-state index contributed by atoms with van der Waals surface area (Å²) in [4.78, 5) is 10.2. The first-order valence-corrected chi connectivity index (χ1v) is 6.93. The van der Waals surface area contributed by atoms with Crippen molar-refractivity contribution in [2.75, 3.05) is 19.8 Å². The lowest BCUT2D eigenvalue weighted by atomic mass is 10.1. The van der Waals surface area contributed by atoms with E-state index in [0.717, 1.165) is 31.7 Å². The average molecular weight is 279 g/mol. The van der Waals surface area contributed by atoms with Crippen molar-refractivity contribution in [3.63, 3.8) is 0 Å². The van der Waals surface area contributed by atoms with Gasteiger partial charge in [-0.3, -0.25) is 10.1 Å². The number of nitrogens with one attached hydrogen (secondary N) is 2. The van der Waals surface area contributed by atoms with E-state index in [9.17, 15) is 10.1 Å². The van der Waals surface area contributed by atoms with E-state index in [2.05, 4.69) is 17.6 Å². The third kappa shape index (κ3) is 4.56. The molecule has 0 bridgehead atoms.